The van der Waals surface area contributed by atoms with Crippen LogP contribution in [0.2, 0.25) is 0 Å². The molecule has 0 aliphatic carbocycles. The Morgan fingerprint density at radius 3 is 2.58 bits per heavy atom. The fourth-order valence-corrected chi connectivity index (χ4v) is 3.56. The Hall–Kier alpha value is -4.44. The normalized spacial score (nSPS) is 12.1. The summed E-state index contributed by atoms with van der Waals surface area (Å²) >= 11 is 0. The number of nitrogens with two attached hydrogens (primary N) is 1. The highest BCUT2D eigenvalue weighted by Gasteiger charge is 2.21. The summed E-state index contributed by atoms with van der Waals surface area (Å²) in [5.74, 6) is 0.466. The maximum atomic E-state index is 13.1. The molecule has 1 aromatic heterocycles. The van der Waals surface area contributed by atoms with Gasteiger partial charge in [0, 0.05) is 35.6 Å². The molecule has 0 saturated carbocycles. The highest BCUT2D eigenvalue weighted by Crippen LogP contribution is 2.30. The van der Waals surface area contributed by atoms with E-state index >= 15 is 0 Å². The number of aryl methyl sites for hydroxylation is 1. The third kappa shape index (κ3) is 6.16. The molecule has 0 fully saturated rings. The molecule has 3 rings (SSSR count). The molecule has 0 aliphatic rings. The number of nitriles is 1. The molecule has 1 heterocycles. The van der Waals surface area contributed by atoms with Crippen molar-refractivity contribution in [2.45, 2.75) is 34.1 Å². The summed E-state index contributed by atoms with van der Waals surface area (Å²) in [6.07, 6.45) is 5.58. The molecule has 7 heteroatoms. The van der Waals surface area contributed by atoms with Crippen molar-refractivity contribution >= 4 is 17.4 Å². The third-order valence-corrected chi connectivity index (χ3v) is 5.89. The average molecular weight is 481 g/mol. The molecule has 3 aromatic rings. The Morgan fingerprint density at radius 1 is 1.14 bits per heavy atom. The van der Waals surface area contributed by atoms with Gasteiger partial charge in [0.25, 0.3) is 5.91 Å². The van der Waals surface area contributed by atoms with Gasteiger partial charge in [-0.3, -0.25) is 4.79 Å². The number of nitrogens with one attached hydrogen (secondary N) is 2. The van der Waals surface area contributed by atoms with Crippen molar-refractivity contribution in [1.29, 1.82) is 5.26 Å². The number of aromatic nitrogens is 2. The quantitative estimate of drug-likeness (QED) is 0.276. The summed E-state index contributed by atoms with van der Waals surface area (Å²) in [5.41, 5.74) is 11.6. The zero-order valence-electron chi connectivity index (χ0n) is 21.4. The van der Waals surface area contributed by atoms with Crippen LogP contribution in [-0.2, 0) is 4.79 Å². The fraction of sp³-hybridized carbons (Fsp3) is 0.241. The van der Waals surface area contributed by atoms with Gasteiger partial charge in [0.1, 0.15) is 12.1 Å². The van der Waals surface area contributed by atoms with E-state index < -0.39 is 5.41 Å². The number of allylic oxidation sites excluding steroid dienone is 2. The first-order valence-electron chi connectivity index (χ1n) is 11.8. The van der Waals surface area contributed by atoms with Crippen molar-refractivity contribution in [3.05, 3.63) is 83.8 Å². The minimum absolute atomic E-state index is 0.280. The molecule has 0 radical (unpaired) electrons. The van der Waals surface area contributed by atoms with Crippen LogP contribution in [0, 0.1) is 23.7 Å². The van der Waals surface area contributed by atoms with Crippen molar-refractivity contribution in [3.63, 3.8) is 0 Å². The van der Waals surface area contributed by atoms with E-state index in [1.807, 2.05) is 63.4 Å². The van der Waals surface area contributed by atoms with Gasteiger partial charge in [-0.15, -0.1) is 0 Å². The largest absolute Gasteiger partial charge is 0.401 e. The molecule has 2 aromatic carbocycles. The predicted molar refractivity (Wildman–Crippen MR) is 146 cm³/mol. The Bertz CT molecular complexity index is 1360. The Labute approximate surface area is 212 Å². The van der Waals surface area contributed by atoms with Gasteiger partial charge < -0.3 is 16.4 Å². The van der Waals surface area contributed by atoms with E-state index in [2.05, 4.69) is 32.7 Å². The molecule has 184 valence electrons. The van der Waals surface area contributed by atoms with Crippen molar-refractivity contribution < 1.29 is 4.79 Å². The second-order valence-electron chi connectivity index (χ2n) is 9.01. The number of amides is 1. The van der Waals surface area contributed by atoms with E-state index in [1.165, 1.54) is 6.33 Å². The van der Waals surface area contributed by atoms with Gasteiger partial charge in [-0.05, 0) is 68.2 Å². The zero-order chi connectivity index (χ0) is 26.3. The van der Waals surface area contributed by atoms with Crippen LogP contribution in [0.3, 0.4) is 0 Å². The Balaban J connectivity index is 1.92. The zero-order valence-corrected chi connectivity index (χ0v) is 21.4. The van der Waals surface area contributed by atoms with Gasteiger partial charge in [-0.2, -0.15) is 5.26 Å². The van der Waals surface area contributed by atoms with Crippen LogP contribution >= 0.6 is 0 Å². The number of carbonyl (C=O) groups is 1. The second-order valence-corrected chi connectivity index (χ2v) is 9.01. The maximum Gasteiger partial charge on any atom is 0.255 e. The molecule has 7 nitrogen and oxygen atoms in total. The minimum Gasteiger partial charge on any atom is -0.401 e. The molecule has 0 saturated heterocycles. The number of benzene rings is 2. The lowest BCUT2D eigenvalue weighted by Gasteiger charge is -2.17. The standard InChI is InChI=1S/C29H32N6O/c1-6-8-22(14-26(31)29(3,4)17-30)28(36)35-23-12-11-19(2)24(15-23)20-9-7-10-21(13-20)25-16-27(32-5)34-18-33-25/h7-16,18H,6,31H2,1-5H3,(H,35,36)(H,32,33,34)/b22-8+,26-14-. The van der Waals surface area contributed by atoms with Gasteiger partial charge in [0.05, 0.1) is 17.2 Å². The number of anilines is 2. The van der Waals surface area contributed by atoms with Gasteiger partial charge in [-0.1, -0.05) is 37.3 Å². The molecule has 4 N–H and O–H groups in total. The lowest BCUT2D eigenvalue weighted by atomic mass is 9.90. The number of hydrogen-bond donors (Lipinski definition) is 3. The van der Waals surface area contributed by atoms with Gasteiger partial charge in [0.2, 0.25) is 0 Å². The SMILES string of the molecule is CC/C=C(\C=C(/N)C(C)(C)C#N)C(=O)Nc1ccc(C)c(-c2cccc(-c3cc(NC)ncn3)c2)c1. The molecule has 36 heavy (non-hydrogen) atoms. The molecule has 0 unspecified atom stereocenters. The first kappa shape index (κ1) is 26.2. The lowest BCUT2D eigenvalue weighted by molar-refractivity contribution is -0.112. The smallest absolute Gasteiger partial charge is 0.255 e. The topological polar surface area (TPSA) is 117 Å². The Morgan fingerprint density at radius 2 is 1.89 bits per heavy atom. The molecule has 0 aliphatic heterocycles. The number of nitrogens with zero attached hydrogens (tertiary/aromatic N) is 3. The van der Waals surface area contributed by atoms with Crippen molar-refractivity contribution in [1.82, 2.24) is 9.97 Å². The second kappa shape index (κ2) is 11.3. The van der Waals surface area contributed by atoms with E-state index in [1.54, 1.807) is 26.0 Å². The maximum absolute atomic E-state index is 13.1. The van der Waals surface area contributed by atoms with Crippen LogP contribution in [0.25, 0.3) is 22.4 Å². The highest BCUT2D eigenvalue weighted by molar-refractivity contribution is 6.06. The summed E-state index contributed by atoms with van der Waals surface area (Å²) in [6, 6.07) is 18.0. The molecule has 0 spiro atoms. The average Bonchev–Trinajstić information content (AvgIpc) is 2.89. The summed E-state index contributed by atoms with van der Waals surface area (Å²) < 4.78 is 0. The van der Waals surface area contributed by atoms with Crippen LogP contribution in [0.4, 0.5) is 11.5 Å². The van der Waals surface area contributed by atoms with Crippen LogP contribution in [0.5, 0.6) is 0 Å². The van der Waals surface area contributed by atoms with Crippen LogP contribution < -0.4 is 16.4 Å². The fourth-order valence-electron chi connectivity index (χ4n) is 3.56. The van der Waals surface area contributed by atoms with Crippen molar-refractivity contribution in [2.75, 3.05) is 17.7 Å². The van der Waals surface area contributed by atoms with E-state index in [0.29, 0.717) is 23.4 Å². The molecule has 0 bridgehead atoms. The van der Waals surface area contributed by atoms with E-state index in [4.69, 9.17) is 5.73 Å². The first-order valence-corrected chi connectivity index (χ1v) is 11.8. The third-order valence-electron chi connectivity index (χ3n) is 5.89. The molecular weight excluding hydrogens is 448 g/mol. The van der Waals surface area contributed by atoms with Crippen molar-refractivity contribution in [2.24, 2.45) is 11.1 Å². The summed E-state index contributed by atoms with van der Waals surface area (Å²) in [7, 11) is 1.82. The van der Waals surface area contributed by atoms with Gasteiger partial charge in [-0.25, -0.2) is 9.97 Å². The minimum atomic E-state index is -0.868. The number of rotatable bonds is 8. The summed E-state index contributed by atoms with van der Waals surface area (Å²) in [6.45, 7) is 7.43. The number of hydrogen-bond acceptors (Lipinski definition) is 6. The van der Waals surface area contributed by atoms with Crippen LogP contribution in [-0.4, -0.2) is 22.9 Å². The Kier molecular flexibility index (Phi) is 8.23. The summed E-state index contributed by atoms with van der Waals surface area (Å²) in [5, 5.41) is 15.4. The molecule has 1 amide bonds. The monoisotopic (exact) mass is 480 g/mol. The first-order chi connectivity index (χ1) is 17.2. The molecule has 0 atom stereocenters. The van der Waals surface area contributed by atoms with Gasteiger partial charge >= 0.3 is 0 Å². The van der Waals surface area contributed by atoms with Crippen LogP contribution in [0.1, 0.15) is 32.8 Å². The highest BCUT2D eigenvalue weighted by atomic mass is 16.1. The van der Waals surface area contributed by atoms with E-state index in [-0.39, 0.29) is 5.91 Å². The number of carbonyl (C=O) groups excluding carboxylic acids is 1. The van der Waals surface area contributed by atoms with Crippen molar-refractivity contribution in [3.8, 4) is 28.5 Å². The molecular formula is C29H32N6O. The van der Waals surface area contributed by atoms with Crippen LogP contribution in [0.15, 0.2) is 78.3 Å². The lowest BCUT2D eigenvalue weighted by Crippen LogP contribution is -2.21. The van der Waals surface area contributed by atoms with E-state index in [0.717, 1.165) is 33.8 Å². The predicted octanol–water partition coefficient (Wildman–Crippen LogP) is 5.83. The summed E-state index contributed by atoms with van der Waals surface area (Å²) in [4.78, 5) is 21.7. The van der Waals surface area contributed by atoms with E-state index in [9.17, 15) is 10.1 Å². The van der Waals surface area contributed by atoms with Gasteiger partial charge in [0.15, 0.2) is 0 Å².